The first kappa shape index (κ1) is 13.5. The van der Waals surface area contributed by atoms with Crippen LogP contribution in [0, 0.1) is 0 Å². The van der Waals surface area contributed by atoms with E-state index in [-0.39, 0.29) is 30.3 Å². The Morgan fingerprint density at radius 3 is 2.44 bits per heavy atom. The molecule has 1 aliphatic heterocycles. The first-order valence-electron chi connectivity index (χ1n) is 5.80. The molecule has 0 aromatic rings. The third-order valence-corrected chi connectivity index (χ3v) is 3.50. The Kier molecular flexibility index (Phi) is 4.80. The molecule has 0 spiro atoms. The fraction of sp³-hybridized carbons (Fsp3) is 0.818. The average Bonchev–Trinajstić information content (AvgIpc) is 2.50. The van der Waals surface area contributed by atoms with Crippen molar-refractivity contribution in [1.82, 2.24) is 4.90 Å². The van der Waals surface area contributed by atoms with Gasteiger partial charge in [0.15, 0.2) is 0 Å². The Bertz CT molecular complexity index is 283. The molecule has 2 amide bonds. The number of amides is 2. The maximum Gasteiger partial charge on any atom is 0.242 e. The highest BCUT2D eigenvalue weighted by Crippen LogP contribution is 2.24. The number of thiol groups is 1. The molecule has 1 heterocycles. The van der Waals surface area contributed by atoms with E-state index < -0.39 is 5.25 Å². The van der Waals surface area contributed by atoms with Crippen molar-refractivity contribution in [3.8, 4) is 0 Å². The summed E-state index contributed by atoms with van der Waals surface area (Å²) in [5.74, 6) is -0.274. The van der Waals surface area contributed by atoms with Gasteiger partial charge in [0, 0.05) is 18.5 Å². The maximum absolute atomic E-state index is 11.8. The zero-order chi connectivity index (χ0) is 12.3. The van der Waals surface area contributed by atoms with Crippen molar-refractivity contribution < 1.29 is 9.59 Å². The zero-order valence-corrected chi connectivity index (χ0v) is 10.7. The van der Waals surface area contributed by atoms with Gasteiger partial charge in [0.2, 0.25) is 11.8 Å². The van der Waals surface area contributed by atoms with Crippen LogP contribution >= 0.6 is 12.6 Å². The van der Waals surface area contributed by atoms with Gasteiger partial charge in [-0.2, -0.15) is 12.6 Å². The van der Waals surface area contributed by atoms with Gasteiger partial charge in [-0.15, -0.1) is 0 Å². The second kappa shape index (κ2) is 5.68. The molecule has 92 valence electrons. The molecule has 3 atom stereocenters. The van der Waals surface area contributed by atoms with E-state index in [2.05, 4.69) is 12.6 Å². The largest absolute Gasteiger partial charge is 0.328 e. The van der Waals surface area contributed by atoms with Gasteiger partial charge >= 0.3 is 0 Å². The van der Waals surface area contributed by atoms with Crippen LogP contribution in [-0.2, 0) is 9.59 Å². The van der Waals surface area contributed by atoms with Crippen LogP contribution in [0.15, 0.2) is 0 Å². The summed E-state index contributed by atoms with van der Waals surface area (Å²) in [6.07, 6.45) is 2.52. The number of rotatable bonds is 5. The van der Waals surface area contributed by atoms with E-state index in [1.165, 1.54) is 4.90 Å². The Morgan fingerprint density at radius 2 is 2.06 bits per heavy atom. The lowest BCUT2D eigenvalue weighted by atomic mass is 10.0. The number of carbonyl (C=O) groups is 2. The van der Waals surface area contributed by atoms with Gasteiger partial charge in [-0.25, -0.2) is 0 Å². The Labute approximate surface area is 102 Å². The van der Waals surface area contributed by atoms with Gasteiger partial charge in [-0.3, -0.25) is 14.5 Å². The average molecular weight is 244 g/mol. The molecule has 1 saturated heterocycles. The normalized spacial score (nSPS) is 25.0. The number of hydrogen-bond donors (Lipinski definition) is 2. The zero-order valence-electron chi connectivity index (χ0n) is 9.85. The van der Waals surface area contributed by atoms with Crippen LogP contribution in [0.3, 0.4) is 0 Å². The minimum absolute atomic E-state index is 0.0458. The minimum atomic E-state index is -0.459. The molecular weight excluding hydrogens is 224 g/mol. The van der Waals surface area contributed by atoms with Crippen molar-refractivity contribution in [2.24, 2.45) is 5.73 Å². The summed E-state index contributed by atoms with van der Waals surface area (Å²) in [6.45, 7) is 3.98. The Balaban J connectivity index is 2.72. The molecule has 5 heteroatoms. The van der Waals surface area contributed by atoms with Crippen LogP contribution in [0.2, 0.25) is 0 Å². The molecule has 4 nitrogen and oxygen atoms in total. The molecule has 2 N–H and O–H groups in total. The molecule has 16 heavy (non-hydrogen) atoms. The monoisotopic (exact) mass is 244 g/mol. The van der Waals surface area contributed by atoms with Crippen molar-refractivity contribution in [1.29, 1.82) is 0 Å². The summed E-state index contributed by atoms with van der Waals surface area (Å²) in [7, 11) is 0. The predicted molar refractivity (Wildman–Crippen MR) is 66.2 cm³/mol. The van der Waals surface area contributed by atoms with E-state index in [1.54, 1.807) is 0 Å². The number of likely N-dealkylation sites (tertiary alicyclic amines) is 1. The van der Waals surface area contributed by atoms with Crippen LogP contribution in [0.4, 0.5) is 0 Å². The van der Waals surface area contributed by atoms with Crippen LogP contribution in [0.1, 0.15) is 39.5 Å². The van der Waals surface area contributed by atoms with Gasteiger partial charge in [0.25, 0.3) is 0 Å². The summed E-state index contributed by atoms with van der Waals surface area (Å²) >= 11 is 4.11. The Morgan fingerprint density at radius 1 is 1.44 bits per heavy atom. The first-order valence-corrected chi connectivity index (χ1v) is 6.32. The van der Waals surface area contributed by atoms with E-state index in [9.17, 15) is 9.59 Å². The summed E-state index contributed by atoms with van der Waals surface area (Å²) < 4.78 is 0. The quantitative estimate of drug-likeness (QED) is 0.559. The number of imide groups is 1. The van der Waals surface area contributed by atoms with Crippen LogP contribution in [0.5, 0.6) is 0 Å². The van der Waals surface area contributed by atoms with Crippen molar-refractivity contribution in [2.45, 2.75) is 56.9 Å². The first-order chi connectivity index (χ1) is 7.51. The second-order valence-corrected chi connectivity index (χ2v) is 4.91. The van der Waals surface area contributed by atoms with E-state index in [4.69, 9.17) is 5.73 Å². The van der Waals surface area contributed by atoms with Crippen molar-refractivity contribution >= 4 is 24.4 Å². The highest BCUT2D eigenvalue weighted by molar-refractivity contribution is 7.81. The molecule has 0 aromatic carbocycles. The van der Waals surface area contributed by atoms with Gasteiger partial charge in [-0.05, 0) is 19.3 Å². The molecule has 3 unspecified atom stereocenters. The lowest BCUT2D eigenvalue weighted by Gasteiger charge is -2.27. The molecular formula is C11H20N2O2S. The summed E-state index contributed by atoms with van der Waals surface area (Å²) in [6, 6.07) is -0.0170. The van der Waals surface area contributed by atoms with E-state index in [0.29, 0.717) is 6.42 Å². The summed E-state index contributed by atoms with van der Waals surface area (Å²) in [5, 5.41) is -0.459. The molecule has 1 rings (SSSR count). The molecule has 0 saturated carbocycles. The topological polar surface area (TPSA) is 63.4 Å². The highest BCUT2D eigenvalue weighted by Gasteiger charge is 2.40. The standard InChI is InChI=1S/C11H20N2O2S/c1-3-7(12)5-8(4-2)13-10(14)6-9(16)11(13)15/h7-9,16H,3-6,12H2,1-2H3. The van der Waals surface area contributed by atoms with Crippen LogP contribution in [0.25, 0.3) is 0 Å². The fourth-order valence-electron chi connectivity index (χ4n) is 1.99. The third-order valence-electron chi connectivity index (χ3n) is 3.09. The molecule has 0 radical (unpaired) electrons. The summed E-state index contributed by atoms with van der Waals surface area (Å²) in [4.78, 5) is 24.8. The number of nitrogens with two attached hydrogens (primary N) is 1. The van der Waals surface area contributed by atoms with Crippen molar-refractivity contribution in [2.75, 3.05) is 0 Å². The molecule has 0 aliphatic carbocycles. The number of hydrogen-bond acceptors (Lipinski definition) is 4. The van der Waals surface area contributed by atoms with Crippen LogP contribution in [-0.4, -0.2) is 34.0 Å². The van der Waals surface area contributed by atoms with E-state index in [0.717, 1.165) is 12.8 Å². The molecule has 0 aromatic heterocycles. The van der Waals surface area contributed by atoms with Gasteiger partial charge < -0.3 is 5.73 Å². The number of nitrogens with zero attached hydrogens (tertiary/aromatic N) is 1. The maximum atomic E-state index is 11.8. The number of carbonyl (C=O) groups excluding carboxylic acids is 2. The minimum Gasteiger partial charge on any atom is -0.328 e. The lowest BCUT2D eigenvalue weighted by molar-refractivity contribution is -0.141. The summed E-state index contributed by atoms with van der Waals surface area (Å²) in [5.41, 5.74) is 5.87. The van der Waals surface area contributed by atoms with Gasteiger partial charge in [-0.1, -0.05) is 13.8 Å². The third kappa shape index (κ3) is 2.77. The highest BCUT2D eigenvalue weighted by atomic mass is 32.1. The van der Waals surface area contributed by atoms with E-state index in [1.807, 2.05) is 13.8 Å². The Hall–Kier alpha value is -0.550. The lowest BCUT2D eigenvalue weighted by Crippen LogP contribution is -2.43. The van der Waals surface area contributed by atoms with Gasteiger partial charge in [0.05, 0.1) is 5.25 Å². The van der Waals surface area contributed by atoms with Gasteiger partial charge in [0.1, 0.15) is 0 Å². The smallest absolute Gasteiger partial charge is 0.242 e. The van der Waals surface area contributed by atoms with Crippen LogP contribution < -0.4 is 5.73 Å². The fourth-order valence-corrected chi connectivity index (χ4v) is 2.27. The van der Waals surface area contributed by atoms with E-state index >= 15 is 0 Å². The molecule has 1 aliphatic rings. The van der Waals surface area contributed by atoms with Crippen molar-refractivity contribution in [3.05, 3.63) is 0 Å². The molecule has 0 bridgehead atoms. The molecule has 1 fully saturated rings. The predicted octanol–water partition coefficient (Wildman–Crippen LogP) is 0.950. The second-order valence-electron chi connectivity index (χ2n) is 4.29. The SMILES string of the molecule is CCC(N)CC(CC)N1C(=O)CC(S)C1=O. The van der Waals surface area contributed by atoms with Crippen molar-refractivity contribution in [3.63, 3.8) is 0 Å².